The third-order valence-corrected chi connectivity index (χ3v) is 6.00. The van der Waals surface area contributed by atoms with Crippen LogP contribution in [0.15, 0.2) is 29.2 Å². The molecule has 0 aromatic heterocycles. The van der Waals surface area contributed by atoms with Gasteiger partial charge in [0, 0.05) is 6.61 Å². The second-order valence-corrected chi connectivity index (χ2v) is 8.15. The third kappa shape index (κ3) is 2.28. The summed E-state index contributed by atoms with van der Waals surface area (Å²) >= 11 is 0. The van der Waals surface area contributed by atoms with Crippen LogP contribution in [0.3, 0.4) is 0 Å². The average molecular weight is 296 g/mol. The molecule has 4 nitrogen and oxygen atoms in total. The van der Waals surface area contributed by atoms with Crippen LogP contribution in [-0.2, 0) is 14.3 Å². The van der Waals surface area contributed by atoms with Crippen molar-refractivity contribution in [2.24, 2.45) is 10.8 Å². The molecule has 1 N–H and O–H groups in total. The fourth-order valence-electron chi connectivity index (χ4n) is 3.86. The van der Waals surface area contributed by atoms with Gasteiger partial charge < -0.3 is 5.11 Å². The van der Waals surface area contributed by atoms with Gasteiger partial charge in [-0.15, -0.1) is 0 Å². The number of hydrogen-bond donors (Lipinski definition) is 1. The fraction of sp³-hybridized carbons (Fsp3) is 0.600. The SMILES string of the molecule is Cc1ccc(S(=O)(=O)OCC23CC(CCO)(C2)C3)cc1. The number of aryl methyl sites for hydroxylation is 1. The van der Waals surface area contributed by atoms with E-state index in [1.165, 1.54) is 0 Å². The van der Waals surface area contributed by atoms with Crippen molar-refractivity contribution in [2.75, 3.05) is 13.2 Å². The van der Waals surface area contributed by atoms with Crippen molar-refractivity contribution in [1.29, 1.82) is 0 Å². The summed E-state index contributed by atoms with van der Waals surface area (Å²) in [7, 11) is -3.64. The number of rotatable bonds is 6. The molecule has 2 bridgehead atoms. The molecule has 3 saturated carbocycles. The molecule has 0 amide bonds. The lowest BCUT2D eigenvalue weighted by atomic mass is 9.34. The van der Waals surface area contributed by atoms with Gasteiger partial charge in [0.2, 0.25) is 0 Å². The molecule has 3 aliphatic rings. The molecule has 0 spiro atoms. The van der Waals surface area contributed by atoms with E-state index in [0.29, 0.717) is 0 Å². The molecule has 1 aromatic rings. The van der Waals surface area contributed by atoms with Gasteiger partial charge >= 0.3 is 0 Å². The van der Waals surface area contributed by atoms with Crippen molar-refractivity contribution in [2.45, 2.75) is 37.5 Å². The maximum Gasteiger partial charge on any atom is 0.296 e. The van der Waals surface area contributed by atoms with Crippen LogP contribution in [0.1, 0.15) is 31.2 Å². The Morgan fingerprint density at radius 3 is 2.30 bits per heavy atom. The summed E-state index contributed by atoms with van der Waals surface area (Å²) in [6.45, 7) is 2.41. The zero-order chi connectivity index (χ0) is 14.4. The van der Waals surface area contributed by atoms with Crippen LogP contribution in [0.25, 0.3) is 0 Å². The molecule has 3 aliphatic carbocycles. The lowest BCUT2D eigenvalue weighted by Crippen LogP contribution is -2.63. The van der Waals surface area contributed by atoms with Gasteiger partial charge in [0.05, 0.1) is 11.5 Å². The highest BCUT2D eigenvalue weighted by atomic mass is 32.2. The number of hydrogen-bond acceptors (Lipinski definition) is 4. The van der Waals surface area contributed by atoms with E-state index >= 15 is 0 Å². The third-order valence-electron chi connectivity index (χ3n) is 4.72. The van der Waals surface area contributed by atoms with Crippen LogP contribution < -0.4 is 0 Å². The fourth-order valence-corrected chi connectivity index (χ4v) is 4.87. The van der Waals surface area contributed by atoms with Crippen LogP contribution in [0, 0.1) is 17.8 Å². The molecule has 5 heteroatoms. The minimum Gasteiger partial charge on any atom is -0.396 e. The maximum atomic E-state index is 12.1. The Labute approximate surface area is 119 Å². The van der Waals surface area contributed by atoms with E-state index in [4.69, 9.17) is 9.29 Å². The Bertz CT molecular complexity index is 583. The van der Waals surface area contributed by atoms with Crippen LogP contribution >= 0.6 is 0 Å². The summed E-state index contributed by atoms with van der Waals surface area (Å²) in [4.78, 5) is 0.222. The van der Waals surface area contributed by atoms with Crippen LogP contribution in [0.5, 0.6) is 0 Å². The van der Waals surface area contributed by atoms with E-state index in [2.05, 4.69) is 0 Å². The summed E-state index contributed by atoms with van der Waals surface area (Å²) in [5.74, 6) is 0. The highest BCUT2D eigenvalue weighted by Gasteiger charge is 2.67. The van der Waals surface area contributed by atoms with Gasteiger partial charge in [-0.05, 0) is 55.6 Å². The van der Waals surface area contributed by atoms with E-state index in [1.54, 1.807) is 24.3 Å². The van der Waals surface area contributed by atoms with Gasteiger partial charge in [-0.25, -0.2) is 0 Å². The lowest BCUT2D eigenvalue weighted by molar-refractivity contribution is -0.224. The molecular formula is C15H20O4S. The van der Waals surface area contributed by atoms with E-state index in [9.17, 15) is 8.42 Å². The van der Waals surface area contributed by atoms with E-state index in [-0.39, 0.29) is 28.9 Å². The number of aliphatic hydroxyl groups is 1. The molecule has 0 unspecified atom stereocenters. The normalized spacial score (nSPS) is 31.5. The Hall–Kier alpha value is -0.910. The van der Waals surface area contributed by atoms with Gasteiger partial charge in [0.1, 0.15) is 0 Å². The first kappa shape index (κ1) is 14.0. The van der Waals surface area contributed by atoms with Crippen LogP contribution in [-0.4, -0.2) is 26.7 Å². The van der Waals surface area contributed by atoms with Gasteiger partial charge in [-0.1, -0.05) is 17.7 Å². The average Bonchev–Trinajstić information content (AvgIpc) is 2.31. The number of benzene rings is 1. The summed E-state index contributed by atoms with van der Waals surface area (Å²) in [5.41, 5.74) is 1.35. The summed E-state index contributed by atoms with van der Waals surface area (Å²) in [6, 6.07) is 6.71. The van der Waals surface area contributed by atoms with Gasteiger partial charge in [0.25, 0.3) is 10.1 Å². The minimum absolute atomic E-state index is 0.0485. The molecule has 110 valence electrons. The molecule has 4 rings (SSSR count). The molecule has 0 saturated heterocycles. The van der Waals surface area contributed by atoms with Crippen molar-refractivity contribution in [1.82, 2.24) is 0 Å². The maximum absolute atomic E-state index is 12.1. The first-order valence-corrected chi connectivity index (χ1v) is 8.37. The predicted octanol–water partition coefficient (Wildman–Crippen LogP) is 2.25. The van der Waals surface area contributed by atoms with Gasteiger partial charge in [-0.3, -0.25) is 4.18 Å². The van der Waals surface area contributed by atoms with Crippen LogP contribution in [0.4, 0.5) is 0 Å². The standard InChI is InChI=1S/C15H20O4S/c1-12-2-4-13(5-3-12)20(17,18)19-11-15-8-14(9-15,10-15)6-7-16/h2-5,16H,6-11H2,1H3. The van der Waals surface area contributed by atoms with E-state index < -0.39 is 10.1 Å². The molecular weight excluding hydrogens is 276 g/mol. The predicted molar refractivity (Wildman–Crippen MR) is 74.7 cm³/mol. The second-order valence-electron chi connectivity index (χ2n) is 6.53. The molecule has 3 fully saturated rings. The lowest BCUT2D eigenvalue weighted by Gasteiger charge is -2.70. The van der Waals surface area contributed by atoms with Crippen LogP contribution in [0.2, 0.25) is 0 Å². The first-order valence-electron chi connectivity index (χ1n) is 6.96. The Balaban J connectivity index is 1.58. The highest BCUT2D eigenvalue weighted by Crippen LogP contribution is 2.74. The monoisotopic (exact) mass is 296 g/mol. The quantitative estimate of drug-likeness (QED) is 0.818. The summed E-state index contributed by atoms with van der Waals surface area (Å²) < 4.78 is 29.4. The zero-order valence-corrected chi connectivity index (χ0v) is 12.4. The minimum atomic E-state index is -3.64. The number of aliphatic hydroxyl groups excluding tert-OH is 1. The topological polar surface area (TPSA) is 63.6 Å². The van der Waals surface area contributed by atoms with Gasteiger partial charge in [0.15, 0.2) is 0 Å². The molecule has 0 atom stereocenters. The van der Waals surface area contributed by atoms with E-state index in [0.717, 1.165) is 31.2 Å². The molecule has 0 radical (unpaired) electrons. The Morgan fingerprint density at radius 2 is 1.75 bits per heavy atom. The Morgan fingerprint density at radius 1 is 1.15 bits per heavy atom. The largest absolute Gasteiger partial charge is 0.396 e. The van der Waals surface area contributed by atoms with Crippen molar-refractivity contribution in [3.63, 3.8) is 0 Å². The first-order chi connectivity index (χ1) is 9.39. The van der Waals surface area contributed by atoms with Crippen molar-refractivity contribution >= 4 is 10.1 Å². The molecule has 1 aromatic carbocycles. The highest BCUT2D eigenvalue weighted by molar-refractivity contribution is 7.86. The van der Waals surface area contributed by atoms with E-state index in [1.807, 2.05) is 6.92 Å². The smallest absolute Gasteiger partial charge is 0.296 e. The Kier molecular flexibility index (Phi) is 3.19. The van der Waals surface area contributed by atoms with Gasteiger partial charge in [-0.2, -0.15) is 8.42 Å². The molecule has 20 heavy (non-hydrogen) atoms. The van der Waals surface area contributed by atoms with Crippen molar-refractivity contribution < 1.29 is 17.7 Å². The summed E-state index contributed by atoms with van der Waals surface area (Å²) in [5, 5.41) is 8.98. The van der Waals surface area contributed by atoms with Crippen molar-refractivity contribution in [3.05, 3.63) is 29.8 Å². The zero-order valence-electron chi connectivity index (χ0n) is 11.6. The summed E-state index contributed by atoms with van der Waals surface area (Å²) in [6.07, 6.45) is 3.80. The second kappa shape index (κ2) is 4.55. The molecule has 0 heterocycles. The van der Waals surface area contributed by atoms with Crippen molar-refractivity contribution in [3.8, 4) is 0 Å². The molecule has 0 aliphatic heterocycles.